The summed E-state index contributed by atoms with van der Waals surface area (Å²) in [5.74, 6) is -0.0159. The van der Waals surface area contributed by atoms with Gasteiger partial charge < -0.3 is 10.2 Å². The molecule has 1 aliphatic rings. The Hall–Kier alpha value is -2.10. The molecule has 1 aliphatic heterocycles. The van der Waals surface area contributed by atoms with Crippen LogP contribution in [0.15, 0.2) is 43.0 Å². The lowest BCUT2D eigenvalue weighted by molar-refractivity contribution is -0.130. The second-order valence-electron chi connectivity index (χ2n) is 5.02. The van der Waals surface area contributed by atoms with E-state index in [0.29, 0.717) is 13.0 Å². The molecule has 1 heterocycles. The molecule has 0 spiro atoms. The highest BCUT2D eigenvalue weighted by atomic mass is 16.2. The summed E-state index contributed by atoms with van der Waals surface area (Å²) in [7, 11) is 0. The van der Waals surface area contributed by atoms with E-state index in [1.165, 1.54) is 11.6 Å². The van der Waals surface area contributed by atoms with Crippen LogP contribution in [-0.4, -0.2) is 35.8 Å². The highest BCUT2D eigenvalue weighted by molar-refractivity contribution is 5.87. The Morgan fingerprint density at radius 1 is 1.35 bits per heavy atom. The fourth-order valence-corrected chi connectivity index (χ4v) is 2.42. The first-order chi connectivity index (χ1) is 9.69. The largest absolute Gasteiger partial charge is 0.348 e. The number of carbonyl (C=O) groups is 2. The Morgan fingerprint density at radius 3 is 2.80 bits per heavy atom. The number of nitrogens with one attached hydrogen (secondary N) is 1. The molecule has 1 aromatic carbocycles. The molecular weight excluding hydrogens is 252 g/mol. The number of benzene rings is 1. The van der Waals surface area contributed by atoms with Gasteiger partial charge in [0.05, 0.1) is 0 Å². The lowest BCUT2D eigenvalue weighted by Crippen LogP contribution is -2.37. The standard InChI is InChI=1S/C16H20N2O2/c1-2-15(19)17-14-10-11-18(12-14)16(20)9-8-13-6-4-3-5-7-13/h2-7,14H,1,8-12H2,(H,17,19). The molecule has 2 rings (SSSR count). The number of aryl methyl sites for hydroxylation is 1. The van der Waals surface area contributed by atoms with E-state index in [1.54, 1.807) is 0 Å². The van der Waals surface area contributed by atoms with Gasteiger partial charge in [0, 0.05) is 25.6 Å². The van der Waals surface area contributed by atoms with Gasteiger partial charge in [0.15, 0.2) is 0 Å². The van der Waals surface area contributed by atoms with E-state index >= 15 is 0 Å². The molecule has 0 radical (unpaired) electrons. The summed E-state index contributed by atoms with van der Waals surface area (Å²) in [5.41, 5.74) is 1.18. The smallest absolute Gasteiger partial charge is 0.243 e. The van der Waals surface area contributed by atoms with Gasteiger partial charge >= 0.3 is 0 Å². The van der Waals surface area contributed by atoms with Crippen LogP contribution in [-0.2, 0) is 16.0 Å². The third-order valence-electron chi connectivity index (χ3n) is 3.54. The van der Waals surface area contributed by atoms with Crippen molar-refractivity contribution in [2.24, 2.45) is 0 Å². The molecule has 0 saturated carbocycles. The summed E-state index contributed by atoms with van der Waals surface area (Å²) in [6.07, 6.45) is 3.36. The predicted molar refractivity (Wildman–Crippen MR) is 78.1 cm³/mol. The van der Waals surface area contributed by atoms with Crippen LogP contribution in [0.25, 0.3) is 0 Å². The van der Waals surface area contributed by atoms with Gasteiger partial charge in [-0.15, -0.1) is 0 Å². The second kappa shape index (κ2) is 6.89. The maximum Gasteiger partial charge on any atom is 0.243 e. The number of hydrogen-bond acceptors (Lipinski definition) is 2. The molecule has 0 aliphatic carbocycles. The predicted octanol–water partition coefficient (Wildman–Crippen LogP) is 1.52. The summed E-state index contributed by atoms with van der Waals surface area (Å²) < 4.78 is 0. The number of amides is 2. The number of nitrogens with zero attached hydrogens (tertiary/aromatic N) is 1. The first-order valence-electron chi connectivity index (χ1n) is 6.93. The third-order valence-corrected chi connectivity index (χ3v) is 3.54. The maximum atomic E-state index is 12.1. The van der Waals surface area contributed by atoms with E-state index in [2.05, 4.69) is 11.9 Å². The second-order valence-corrected chi connectivity index (χ2v) is 5.02. The monoisotopic (exact) mass is 272 g/mol. The molecular formula is C16H20N2O2. The Morgan fingerprint density at radius 2 is 2.10 bits per heavy atom. The quantitative estimate of drug-likeness (QED) is 0.826. The Labute approximate surface area is 119 Å². The molecule has 4 heteroatoms. The van der Waals surface area contributed by atoms with E-state index in [1.807, 2.05) is 35.2 Å². The number of likely N-dealkylation sites (tertiary alicyclic amines) is 1. The zero-order valence-electron chi connectivity index (χ0n) is 11.5. The minimum atomic E-state index is -0.173. The van der Waals surface area contributed by atoms with Gasteiger partial charge in [-0.25, -0.2) is 0 Å². The van der Waals surface area contributed by atoms with E-state index in [9.17, 15) is 9.59 Å². The first-order valence-corrected chi connectivity index (χ1v) is 6.93. The minimum absolute atomic E-state index is 0.0566. The minimum Gasteiger partial charge on any atom is -0.348 e. The van der Waals surface area contributed by atoms with Crippen molar-refractivity contribution in [3.63, 3.8) is 0 Å². The fourth-order valence-electron chi connectivity index (χ4n) is 2.42. The summed E-state index contributed by atoms with van der Waals surface area (Å²) in [5, 5.41) is 2.84. The molecule has 1 unspecified atom stereocenters. The van der Waals surface area contributed by atoms with Crippen molar-refractivity contribution in [3.05, 3.63) is 48.6 Å². The third kappa shape index (κ3) is 3.95. The SMILES string of the molecule is C=CC(=O)NC1CCN(C(=O)CCc2ccccc2)C1. The van der Waals surface area contributed by atoms with Crippen LogP contribution < -0.4 is 5.32 Å². The number of carbonyl (C=O) groups excluding carboxylic acids is 2. The molecule has 1 aromatic rings. The van der Waals surface area contributed by atoms with Crippen LogP contribution in [0.4, 0.5) is 0 Å². The van der Waals surface area contributed by atoms with Crippen molar-refractivity contribution in [3.8, 4) is 0 Å². The van der Waals surface area contributed by atoms with Crippen molar-refractivity contribution in [2.45, 2.75) is 25.3 Å². The van der Waals surface area contributed by atoms with Gasteiger partial charge in [0.25, 0.3) is 0 Å². The van der Waals surface area contributed by atoms with Gasteiger partial charge in [-0.1, -0.05) is 36.9 Å². The molecule has 106 valence electrons. The van der Waals surface area contributed by atoms with Crippen LogP contribution in [0, 0.1) is 0 Å². The molecule has 2 amide bonds. The summed E-state index contributed by atoms with van der Waals surface area (Å²) in [4.78, 5) is 25.2. The molecule has 0 bridgehead atoms. The first kappa shape index (κ1) is 14.3. The summed E-state index contributed by atoms with van der Waals surface area (Å²) in [6.45, 7) is 4.75. The van der Waals surface area contributed by atoms with Crippen molar-refractivity contribution in [2.75, 3.05) is 13.1 Å². The molecule has 4 nitrogen and oxygen atoms in total. The van der Waals surface area contributed by atoms with Gasteiger partial charge in [-0.3, -0.25) is 9.59 Å². The van der Waals surface area contributed by atoms with Crippen molar-refractivity contribution in [1.29, 1.82) is 0 Å². The maximum absolute atomic E-state index is 12.1. The molecule has 1 atom stereocenters. The lowest BCUT2D eigenvalue weighted by atomic mass is 10.1. The summed E-state index contributed by atoms with van der Waals surface area (Å²) in [6, 6.07) is 10.1. The molecule has 1 saturated heterocycles. The number of hydrogen-bond donors (Lipinski definition) is 1. The van der Waals surface area contributed by atoms with E-state index in [-0.39, 0.29) is 17.9 Å². The van der Waals surface area contributed by atoms with E-state index in [0.717, 1.165) is 19.4 Å². The van der Waals surface area contributed by atoms with E-state index < -0.39 is 0 Å². The highest BCUT2D eigenvalue weighted by Crippen LogP contribution is 2.12. The molecule has 1 fully saturated rings. The van der Waals surface area contributed by atoms with Gasteiger partial charge in [-0.05, 0) is 24.5 Å². The zero-order chi connectivity index (χ0) is 14.4. The van der Waals surface area contributed by atoms with Crippen molar-refractivity contribution in [1.82, 2.24) is 10.2 Å². The van der Waals surface area contributed by atoms with Crippen LogP contribution in [0.3, 0.4) is 0 Å². The lowest BCUT2D eigenvalue weighted by Gasteiger charge is -2.16. The zero-order valence-corrected chi connectivity index (χ0v) is 11.5. The Kier molecular flexibility index (Phi) is 4.93. The Balaban J connectivity index is 1.77. The fraction of sp³-hybridized carbons (Fsp3) is 0.375. The van der Waals surface area contributed by atoms with E-state index in [4.69, 9.17) is 0 Å². The van der Waals surface area contributed by atoms with Crippen molar-refractivity contribution >= 4 is 11.8 Å². The number of rotatable bonds is 5. The van der Waals surface area contributed by atoms with Gasteiger partial charge in [-0.2, -0.15) is 0 Å². The molecule has 1 N–H and O–H groups in total. The van der Waals surface area contributed by atoms with Crippen LogP contribution >= 0.6 is 0 Å². The van der Waals surface area contributed by atoms with Crippen LogP contribution in [0.1, 0.15) is 18.4 Å². The normalized spacial score (nSPS) is 17.8. The Bertz CT molecular complexity index is 485. The topological polar surface area (TPSA) is 49.4 Å². The van der Waals surface area contributed by atoms with Gasteiger partial charge in [0.2, 0.25) is 11.8 Å². The van der Waals surface area contributed by atoms with Crippen molar-refractivity contribution < 1.29 is 9.59 Å². The van der Waals surface area contributed by atoms with Gasteiger partial charge in [0.1, 0.15) is 0 Å². The van der Waals surface area contributed by atoms with Crippen LogP contribution in [0.2, 0.25) is 0 Å². The average Bonchev–Trinajstić information content (AvgIpc) is 2.94. The van der Waals surface area contributed by atoms with Crippen LogP contribution in [0.5, 0.6) is 0 Å². The molecule has 0 aromatic heterocycles. The summed E-state index contributed by atoms with van der Waals surface area (Å²) >= 11 is 0. The molecule has 20 heavy (non-hydrogen) atoms. The highest BCUT2D eigenvalue weighted by Gasteiger charge is 2.26. The average molecular weight is 272 g/mol.